The van der Waals surface area contributed by atoms with Gasteiger partial charge in [-0.1, -0.05) is 19.1 Å². The van der Waals surface area contributed by atoms with E-state index in [9.17, 15) is 9.18 Å². The number of nitrogens with one attached hydrogen (secondary N) is 1. The van der Waals surface area contributed by atoms with Gasteiger partial charge in [-0.2, -0.15) is 0 Å². The maximum absolute atomic E-state index is 12.9. The van der Waals surface area contributed by atoms with Gasteiger partial charge in [-0.15, -0.1) is 0 Å². The molecule has 17 heavy (non-hydrogen) atoms. The topological polar surface area (TPSA) is 32.3 Å². The van der Waals surface area contributed by atoms with Crippen LogP contribution in [0.25, 0.3) is 0 Å². The molecule has 4 heteroatoms. The minimum Gasteiger partial charge on any atom is -0.354 e. The highest BCUT2D eigenvalue weighted by Crippen LogP contribution is 2.24. The van der Waals surface area contributed by atoms with E-state index in [0.29, 0.717) is 13.1 Å². The standard InChI is InChI=1S/C13H17FN2O/c1-2-12(10-3-5-11(14)6-4-10)16-8-7-15-13(17)9-16/h3-6,12H,2,7-9H2,1H3,(H,15,17). The molecule has 0 aromatic heterocycles. The fourth-order valence-electron chi connectivity index (χ4n) is 2.31. The van der Waals surface area contributed by atoms with Crippen LogP contribution in [-0.2, 0) is 4.79 Å². The van der Waals surface area contributed by atoms with Crippen LogP contribution in [-0.4, -0.2) is 30.4 Å². The molecule has 92 valence electrons. The van der Waals surface area contributed by atoms with Gasteiger partial charge in [0.2, 0.25) is 5.91 Å². The summed E-state index contributed by atoms with van der Waals surface area (Å²) in [4.78, 5) is 13.5. The first kappa shape index (κ1) is 12.0. The summed E-state index contributed by atoms with van der Waals surface area (Å²) in [5, 5.41) is 2.81. The maximum atomic E-state index is 12.9. The average molecular weight is 236 g/mol. The van der Waals surface area contributed by atoms with E-state index in [0.717, 1.165) is 18.5 Å². The Balaban J connectivity index is 2.15. The van der Waals surface area contributed by atoms with E-state index in [-0.39, 0.29) is 17.8 Å². The maximum Gasteiger partial charge on any atom is 0.234 e. The molecule has 1 heterocycles. The van der Waals surface area contributed by atoms with Crippen molar-refractivity contribution in [2.24, 2.45) is 0 Å². The number of rotatable bonds is 3. The van der Waals surface area contributed by atoms with Crippen molar-refractivity contribution in [3.05, 3.63) is 35.6 Å². The lowest BCUT2D eigenvalue weighted by molar-refractivity contribution is -0.125. The van der Waals surface area contributed by atoms with Crippen molar-refractivity contribution in [1.29, 1.82) is 0 Å². The molecule has 0 aliphatic carbocycles. The largest absolute Gasteiger partial charge is 0.354 e. The summed E-state index contributed by atoms with van der Waals surface area (Å²) < 4.78 is 12.9. The number of nitrogens with zero attached hydrogens (tertiary/aromatic N) is 1. The lowest BCUT2D eigenvalue weighted by atomic mass is 10.0. The van der Waals surface area contributed by atoms with Gasteiger partial charge in [0, 0.05) is 19.1 Å². The first-order valence-electron chi connectivity index (χ1n) is 5.97. The van der Waals surface area contributed by atoms with Crippen molar-refractivity contribution < 1.29 is 9.18 Å². The van der Waals surface area contributed by atoms with Crippen LogP contribution in [0, 0.1) is 5.82 Å². The normalized spacial score (nSPS) is 18.8. The molecule has 1 aromatic rings. The number of hydrogen-bond donors (Lipinski definition) is 1. The second kappa shape index (κ2) is 5.27. The molecular formula is C13H17FN2O. The van der Waals surface area contributed by atoms with E-state index in [1.807, 2.05) is 0 Å². The van der Waals surface area contributed by atoms with E-state index in [1.54, 1.807) is 12.1 Å². The van der Waals surface area contributed by atoms with E-state index in [1.165, 1.54) is 12.1 Å². The molecule has 1 aliphatic heterocycles. The number of halogens is 1. The van der Waals surface area contributed by atoms with E-state index < -0.39 is 0 Å². The summed E-state index contributed by atoms with van der Waals surface area (Å²) in [5.41, 5.74) is 1.07. The third-order valence-electron chi connectivity index (χ3n) is 3.15. The lowest BCUT2D eigenvalue weighted by Crippen LogP contribution is -2.48. The molecule has 0 spiro atoms. The fourth-order valence-corrected chi connectivity index (χ4v) is 2.31. The third-order valence-corrected chi connectivity index (χ3v) is 3.15. The van der Waals surface area contributed by atoms with E-state index in [4.69, 9.17) is 0 Å². The van der Waals surface area contributed by atoms with Crippen molar-refractivity contribution in [3.63, 3.8) is 0 Å². The Bertz CT molecular complexity index is 391. The zero-order valence-corrected chi connectivity index (χ0v) is 9.95. The Hall–Kier alpha value is -1.42. The Morgan fingerprint density at radius 3 is 2.71 bits per heavy atom. The number of carbonyl (C=O) groups is 1. The molecule has 1 amide bonds. The summed E-state index contributed by atoms with van der Waals surface area (Å²) in [6, 6.07) is 6.75. The molecule has 3 nitrogen and oxygen atoms in total. The summed E-state index contributed by atoms with van der Waals surface area (Å²) in [7, 11) is 0. The molecule has 0 radical (unpaired) electrons. The zero-order chi connectivity index (χ0) is 12.3. The van der Waals surface area contributed by atoms with Crippen LogP contribution in [0.3, 0.4) is 0 Å². The molecule has 0 bridgehead atoms. The SMILES string of the molecule is CCC(c1ccc(F)cc1)N1CCNC(=O)C1. The van der Waals surface area contributed by atoms with Crippen molar-refractivity contribution in [3.8, 4) is 0 Å². The molecule has 1 aliphatic rings. The molecule has 1 saturated heterocycles. The van der Waals surface area contributed by atoms with Crippen molar-refractivity contribution in [2.75, 3.05) is 19.6 Å². The first-order valence-corrected chi connectivity index (χ1v) is 5.97. The highest BCUT2D eigenvalue weighted by atomic mass is 19.1. The van der Waals surface area contributed by atoms with Crippen LogP contribution >= 0.6 is 0 Å². The zero-order valence-electron chi connectivity index (χ0n) is 9.95. The molecule has 1 N–H and O–H groups in total. The Morgan fingerprint density at radius 2 is 2.12 bits per heavy atom. The second-order valence-electron chi connectivity index (χ2n) is 4.30. The monoisotopic (exact) mass is 236 g/mol. The number of benzene rings is 1. The Morgan fingerprint density at radius 1 is 1.41 bits per heavy atom. The highest BCUT2D eigenvalue weighted by molar-refractivity contribution is 5.78. The number of carbonyl (C=O) groups excluding carboxylic acids is 1. The van der Waals surface area contributed by atoms with Crippen molar-refractivity contribution >= 4 is 5.91 Å². The van der Waals surface area contributed by atoms with Gasteiger partial charge in [0.1, 0.15) is 5.82 Å². The lowest BCUT2D eigenvalue weighted by Gasteiger charge is -2.34. The van der Waals surface area contributed by atoms with Gasteiger partial charge in [0.25, 0.3) is 0 Å². The molecule has 1 atom stereocenters. The minimum absolute atomic E-state index is 0.0665. The van der Waals surface area contributed by atoms with E-state index >= 15 is 0 Å². The van der Waals surface area contributed by atoms with Crippen LogP contribution in [0.5, 0.6) is 0 Å². The Kier molecular flexibility index (Phi) is 3.74. The van der Waals surface area contributed by atoms with Gasteiger partial charge < -0.3 is 5.32 Å². The van der Waals surface area contributed by atoms with Gasteiger partial charge in [-0.25, -0.2) is 4.39 Å². The van der Waals surface area contributed by atoms with Gasteiger partial charge in [-0.3, -0.25) is 9.69 Å². The molecule has 1 fully saturated rings. The number of piperazine rings is 1. The predicted molar refractivity (Wildman–Crippen MR) is 64.0 cm³/mol. The van der Waals surface area contributed by atoms with Gasteiger partial charge >= 0.3 is 0 Å². The predicted octanol–water partition coefficient (Wildman–Crippen LogP) is 1.71. The number of amides is 1. The molecule has 1 unspecified atom stereocenters. The quantitative estimate of drug-likeness (QED) is 0.866. The van der Waals surface area contributed by atoms with Crippen molar-refractivity contribution in [1.82, 2.24) is 10.2 Å². The second-order valence-corrected chi connectivity index (χ2v) is 4.30. The van der Waals surface area contributed by atoms with Crippen LogP contribution in [0.4, 0.5) is 4.39 Å². The van der Waals surface area contributed by atoms with Gasteiger partial charge in [0.15, 0.2) is 0 Å². The van der Waals surface area contributed by atoms with Gasteiger partial charge in [-0.05, 0) is 24.1 Å². The first-order chi connectivity index (χ1) is 8.20. The van der Waals surface area contributed by atoms with E-state index in [2.05, 4.69) is 17.1 Å². The van der Waals surface area contributed by atoms with Gasteiger partial charge in [0.05, 0.1) is 6.54 Å². The molecule has 2 rings (SSSR count). The fraction of sp³-hybridized carbons (Fsp3) is 0.462. The summed E-state index contributed by atoms with van der Waals surface area (Å²) in [6.07, 6.45) is 0.916. The summed E-state index contributed by atoms with van der Waals surface area (Å²) >= 11 is 0. The molecular weight excluding hydrogens is 219 g/mol. The molecule has 0 saturated carbocycles. The minimum atomic E-state index is -0.222. The van der Waals surface area contributed by atoms with Crippen LogP contribution in [0.2, 0.25) is 0 Å². The number of hydrogen-bond acceptors (Lipinski definition) is 2. The summed E-state index contributed by atoms with van der Waals surface area (Å²) in [6.45, 7) is 4.05. The Labute approximate surface area is 101 Å². The average Bonchev–Trinajstić information content (AvgIpc) is 2.33. The van der Waals surface area contributed by atoms with Crippen LogP contribution < -0.4 is 5.32 Å². The van der Waals surface area contributed by atoms with Crippen LogP contribution in [0.1, 0.15) is 24.9 Å². The third kappa shape index (κ3) is 2.82. The highest BCUT2D eigenvalue weighted by Gasteiger charge is 2.23. The van der Waals surface area contributed by atoms with Crippen LogP contribution in [0.15, 0.2) is 24.3 Å². The summed E-state index contributed by atoms with van der Waals surface area (Å²) in [5.74, 6) is -0.156. The molecule has 1 aromatic carbocycles. The smallest absolute Gasteiger partial charge is 0.234 e. The van der Waals surface area contributed by atoms with Crippen molar-refractivity contribution in [2.45, 2.75) is 19.4 Å².